The zero-order chi connectivity index (χ0) is 17.7. The summed E-state index contributed by atoms with van der Waals surface area (Å²) in [5, 5.41) is 23.6. The number of nitrogens with one attached hydrogen (secondary N) is 1. The van der Waals surface area contributed by atoms with E-state index in [2.05, 4.69) is 5.32 Å². The van der Waals surface area contributed by atoms with Crippen LogP contribution in [0.2, 0.25) is 0 Å². The average molecular weight is 326 g/mol. The first kappa shape index (κ1) is 16.8. The molecule has 8 nitrogen and oxygen atoms in total. The first-order valence-electron chi connectivity index (χ1n) is 6.91. The number of non-ortho nitro benzene ring substituents is 1. The second-order valence-electron chi connectivity index (χ2n) is 4.75. The van der Waals surface area contributed by atoms with Crippen molar-refractivity contribution in [1.29, 1.82) is 5.26 Å². The Hall–Kier alpha value is -3.60. The number of carbonyl (C=O) groups excluding carboxylic acids is 1. The number of nitro benzene ring substituents is 1. The topological polar surface area (TPSA) is 108 Å². The Balaban J connectivity index is 2.43. The Labute approximate surface area is 138 Å². The average Bonchev–Trinajstić information content (AvgIpc) is 2.59. The van der Waals surface area contributed by atoms with Crippen LogP contribution in [0.3, 0.4) is 0 Å². The summed E-state index contributed by atoms with van der Waals surface area (Å²) in [5.41, 5.74) is 0.981. The summed E-state index contributed by atoms with van der Waals surface area (Å²) in [6, 6.07) is 12.2. The highest BCUT2D eigenvalue weighted by molar-refractivity contribution is 5.94. The van der Waals surface area contributed by atoms with Gasteiger partial charge in [0.05, 0.1) is 22.2 Å². The molecule has 0 saturated carbocycles. The number of carbonyl (C=O) groups is 1. The molecule has 0 aliphatic carbocycles. The van der Waals surface area contributed by atoms with Crippen LogP contribution in [-0.4, -0.2) is 17.9 Å². The van der Waals surface area contributed by atoms with E-state index in [1.165, 1.54) is 37.3 Å². The monoisotopic (exact) mass is 326 g/mol. The summed E-state index contributed by atoms with van der Waals surface area (Å²) >= 11 is 0. The molecule has 0 bridgehead atoms. The van der Waals surface area contributed by atoms with Gasteiger partial charge in [-0.1, -0.05) is 0 Å². The molecule has 24 heavy (non-hydrogen) atoms. The minimum Gasteiger partial charge on any atom is -0.386 e. The van der Waals surface area contributed by atoms with Crippen LogP contribution in [0.5, 0.6) is 5.75 Å². The molecule has 1 N–H and O–H groups in total. The molecule has 2 aromatic rings. The van der Waals surface area contributed by atoms with Crippen molar-refractivity contribution in [2.45, 2.75) is 6.92 Å². The predicted molar refractivity (Wildman–Crippen MR) is 87.6 cm³/mol. The molecule has 0 aromatic heterocycles. The Morgan fingerprint density at radius 3 is 2.46 bits per heavy atom. The van der Waals surface area contributed by atoms with Gasteiger partial charge >= 0.3 is 0 Å². The Morgan fingerprint density at radius 1 is 1.29 bits per heavy atom. The summed E-state index contributed by atoms with van der Waals surface area (Å²) < 4.78 is 0. The lowest BCUT2D eigenvalue weighted by Gasteiger charge is -2.23. The van der Waals surface area contributed by atoms with Gasteiger partial charge in [0.1, 0.15) is 5.69 Å². The van der Waals surface area contributed by atoms with Crippen molar-refractivity contribution in [1.82, 2.24) is 0 Å². The first-order valence-corrected chi connectivity index (χ1v) is 6.91. The van der Waals surface area contributed by atoms with Crippen molar-refractivity contribution >= 4 is 23.0 Å². The smallest absolute Gasteiger partial charge is 0.271 e. The van der Waals surface area contributed by atoms with Gasteiger partial charge in [-0.25, -0.2) is 0 Å². The number of benzene rings is 2. The SMILES string of the molecule is CNc1ccc([N+](=O)[O-])cc1N(Oc1ccc(C#N)cc1)C(C)=O. The molecule has 0 unspecified atom stereocenters. The van der Waals surface area contributed by atoms with E-state index in [0.717, 1.165) is 5.06 Å². The van der Waals surface area contributed by atoms with Gasteiger partial charge < -0.3 is 10.2 Å². The van der Waals surface area contributed by atoms with Crippen molar-refractivity contribution in [2.24, 2.45) is 0 Å². The third-order valence-corrected chi connectivity index (χ3v) is 3.15. The van der Waals surface area contributed by atoms with E-state index in [9.17, 15) is 14.9 Å². The molecule has 0 saturated heterocycles. The Bertz CT molecular complexity index is 812. The lowest BCUT2D eigenvalue weighted by molar-refractivity contribution is -0.384. The van der Waals surface area contributed by atoms with Crippen LogP contribution in [-0.2, 0) is 4.79 Å². The van der Waals surface area contributed by atoms with E-state index in [1.54, 1.807) is 19.2 Å². The molecular weight excluding hydrogens is 312 g/mol. The number of anilines is 2. The summed E-state index contributed by atoms with van der Waals surface area (Å²) in [7, 11) is 1.63. The maximum absolute atomic E-state index is 12.0. The highest BCUT2D eigenvalue weighted by atomic mass is 16.7. The van der Waals surface area contributed by atoms with E-state index >= 15 is 0 Å². The van der Waals surface area contributed by atoms with Crippen LogP contribution in [0.15, 0.2) is 42.5 Å². The highest BCUT2D eigenvalue weighted by Gasteiger charge is 2.21. The predicted octanol–water partition coefficient (Wildman–Crippen LogP) is 2.86. The van der Waals surface area contributed by atoms with Crippen molar-refractivity contribution in [3.63, 3.8) is 0 Å². The number of nitrogens with zero attached hydrogens (tertiary/aromatic N) is 3. The van der Waals surface area contributed by atoms with Crippen molar-refractivity contribution in [3.8, 4) is 11.8 Å². The number of hydrogen-bond acceptors (Lipinski definition) is 6. The Morgan fingerprint density at radius 2 is 1.96 bits per heavy atom. The van der Waals surface area contributed by atoms with Gasteiger partial charge in [-0.05, 0) is 30.3 Å². The second-order valence-corrected chi connectivity index (χ2v) is 4.75. The fraction of sp³-hybridized carbons (Fsp3) is 0.125. The molecular formula is C16H14N4O4. The summed E-state index contributed by atoms with van der Waals surface area (Å²) in [4.78, 5) is 28.0. The molecule has 2 aromatic carbocycles. The van der Waals surface area contributed by atoms with Crippen molar-refractivity contribution in [3.05, 3.63) is 58.1 Å². The molecule has 0 spiro atoms. The van der Waals surface area contributed by atoms with Crippen LogP contribution in [0.4, 0.5) is 17.1 Å². The maximum Gasteiger partial charge on any atom is 0.271 e. The van der Waals surface area contributed by atoms with E-state index in [0.29, 0.717) is 17.0 Å². The highest BCUT2D eigenvalue weighted by Crippen LogP contribution is 2.31. The summed E-state index contributed by atoms with van der Waals surface area (Å²) in [6.07, 6.45) is 0. The second kappa shape index (κ2) is 7.11. The molecule has 0 radical (unpaired) electrons. The lowest BCUT2D eigenvalue weighted by Crippen LogP contribution is -2.32. The van der Waals surface area contributed by atoms with Crippen LogP contribution < -0.4 is 15.2 Å². The van der Waals surface area contributed by atoms with E-state index in [-0.39, 0.29) is 11.4 Å². The summed E-state index contributed by atoms with van der Waals surface area (Å²) in [6.45, 7) is 1.28. The Kier molecular flexibility index (Phi) is 4.96. The van der Waals surface area contributed by atoms with Gasteiger partial charge in [-0.3, -0.25) is 14.9 Å². The van der Waals surface area contributed by atoms with Gasteiger partial charge in [-0.15, -0.1) is 5.06 Å². The van der Waals surface area contributed by atoms with Crippen LogP contribution in [0, 0.1) is 21.4 Å². The molecule has 0 fully saturated rings. The van der Waals surface area contributed by atoms with E-state index < -0.39 is 10.8 Å². The minimum atomic E-state index is -0.553. The lowest BCUT2D eigenvalue weighted by atomic mass is 10.2. The van der Waals surface area contributed by atoms with E-state index in [4.69, 9.17) is 10.1 Å². The van der Waals surface area contributed by atoms with Crippen LogP contribution in [0.1, 0.15) is 12.5 Å². The molecule has 8 heteroatoms. The van der Waals surface area contributed by atoms with Crippen LogP contribution >= 0.6 is 0 Å². The minimum absolute atomic E-state index is 0.168. The summed E-state index contributed by atoms with van der Waals surface area (Å²) in [5.74, 6) is -0.144. The van der Waals surface area contributed by atoms with Gasteiger partial charge in [-0.2, -0.15) is 5.26 Å². The zero-order valence-electron chi connectivity index (χ0n) is 13.0. The quantitative estimate of drug-likeness (QED) is 0.668. The third-order valence-electron chi connectivity index (χ3n) is 3.15. The number of nitriles is 1. The molecule has 1 amide bonds. The number of hydroxylamine groups is 1. The maximum atomic E-state index is 12.0. The van der Waals surface area contributed by atoms with Gasteiger partial charge in [0, 0.05) is 26.1 Å². The fourth-order valence-corrected chi connectivity index (χ4v) is 1.99. The molecule has 0 atom stereocenters. The largest absolute Gasteiger partial charge is 0.386 e. The molecule has 0 heterocycles. The standard InChI is InChI=1S/C16H14N4O4/c1-11(21)19(24-14-6-3-12(10-17)4-7-14)16-9-13(20(22)23)5-8-15(16)18-2/h3-9,18H,1-2H3. The fourth-order valence-electron chi connectivity index (χ4n) is 1.99. The number of hydrogen-bond donors (Lipinski definition) is 1. The normalized spacial score (nSPS) is 9.71. The number of amides is 1. The molecule has 0 aliphatic heterocycles. The molecule has 122 valence electrons. The zero-order valence-corrected chi connectivity index (χ0v) is 13.0. The number of rotatable bonds is 5. The molecule has 0 aliphatic rings. The first-order chi connectivity index (χ1) is 11.5. The van der Waals surface area contributed by atoms with E-state index in [1.807, 2.05) is 6.07 Å². The van der Waals surface area contributed by atoms with Crippen molar-refractivity contribution < 1.29 is 14.6 Å². The van der Waals surface area contributed by atoms with Crippen LogP contribution in [0.25, 0.3) is 0 Å². The molecule has 2 rings (SSSR count). The van der Waals surface area contributed by atoms with Gasteiger partial charge in [0.2, 0.25) is 0 Å². The van der Waals surface area contributed by atoms with Gasteiger partial charge in [0.15, 0.2) is 5.75 Å². The third kappa shape index (κ3) is 3.59. The number of nitro groups is 1. The van der Waals surface area contributed by atoms with Crippen molar-refractivity contribution in [2.75, 3.05) is 17.4 Å². The van der Waals surface area contributed by atoms with Gasteiger partial charge in [0.25, 0.3) is 11.6 Å².